The predicted molar refractivity (Wildman–Crippen MR) is 75.3 cm³/mol. The molecule has 1 fully saturated rings. The van der Waals surface area contributed by atoms with Gasteiger partial charge < -0.3 is 9.63 Å². The maximum atomic E-state index is 12.9. The lowest BCUT2D eigenvalue weighted by atomic mass is 9.97. The van der Waals surface area contributed by atoms with Crippen LogP contribution in [0.15, 0.2) is 28.8 Å². The van der Waals surface area contributed by atoms with Crippen molar-refractivity contribution in [3.8, 4) is 0 Å². The van der Waals surface area contributed by atoms with Crippen LogP contribution in [0.1, 0.15) is 55.3 Å². The molecule has 1 aliphatic rings. The Morgan fingerprint density at radius 3 is 2.71 bits per heavy atom. The number of aliphatic hydroxyl groups is 1. The third-order valence-electron chi connectivity index (χ3n) is 4.06. The van der Waals surface area contributed by atoms with E-state index in [4.69, 9.17) is 4.52 Å². The van der Waals surface area contributed by atoms with Crippen molar-refractivity contribution in [3.63, 3.8) is 0 Å². The van der Waals surface area contributed by atoms with Gasteiger partial charge in [0.05, 0.1) is 12.0 Å². The smallest absolute Gasteiger partial charge is 0.232 e. The first-order chi connectivity index (χ1) is 10.2. The monoisotopic (exact) mass is 290 g/mol. The SMILES string of the molecule is OC1CCCCCC1c1nc(Cc2ccc(F)cc2)no1. The zero-order chi connectivity index (χ0) is 14.7. The molecule has 1 aliphatic carbocycles. The first kappa shape index (κ1) is 14.2. The van der Waals surface area contributed by atoms with Crippen molar-refractivity contribution < 1.29 is 14.0 Å². The number of hydrogen-bond donors (Lipinski definition) is 1. The van der Waals surface area contributed by atoms with E-state index in [1.807, 2.05) is 0 Å². The minimum Gasteiger partial charge on any atom is -0.392 e. The Labute approximate surface area is 123 Å². The van der Waals surface area contributed by atoms with Crippen LogP contribution in [0.5, 0.6) is 0 Å². The van der Waals surface area contributed by atoms with E-state index in [1.54, 1.807) is 12.1 Å². The Morgan fingerprint density at radius 1 is 1.14 bits per heavy atom. The molecule has 5 heteroatoms. The second-order valence-corrected chi connectivity index (χ2v) is 5.66. The molecule has 2 unspecified atom stereocenters. The van der Waals surface area contributed by atoms with Crippen molar-refractivity contribution >= 4 is 0 Å². The average molecular weight is 290 g/mol. The fourth-order valence-electron chi connectivity index (χ4n) is 2.85. The molecule has 1 saturated carbocycles. The molecule has 0 saturated heterocycles. The molecule has 0 radical (unpaired) electrons. The van der Waals surface area contributed by atoms with Gasteiger partial charge in [-0.15, -0.1) is 0 Å². The van der Waals surface area contributed by atoms with Crippen LogP contribution >= 0.6 is 0 Å². The number of halogens is 1. The summed E-state index contributed by atoms with van der Waals surface area (Å²) in [4.78, 5) is 4.41. The molecule has 1 aromatic heterocycles. The van der Waals surface area contributed by atoms with Crippen LogP contribution in [0, 0.1) is 5.82 Å². The fourth-order valence-corrected chi connectivity index (χ4v) is 2.85. The number of aliphatic hydroxyl groups excluding tert-OH is 1. The van der Waals surface area contributed by atoms with E-state index in [0.717, 1.165) is 37.7 Å². The summed E-state index contributed by atoms with van der Waals surface area (Å²) >= 11 is 0. The predicted octanol–water partition coefficient (Wildman–Crippen LogP) is 3.21. The van der Waals surface area contributed by atoms with Gasteiger partial charge in [0.25, 0.3) is 0 Å². The molecule has 3 rings (SSSR count). The number of aromatic nitrogens is 2. The zero-order valence-corrected chi connectivity index (χ0v) is 11.8. The summed E-state index contributed by atoms with van der Waals surface area (Å²) < 4.78 is 18.2. The first-order valence-electron chi connectivity index (χ1n) is 7.47. The van der Waals surface area contributed by atoms with Gasteiger partial charge in [0.2, 0.25) is 5.89 Å². The van der Waals surface area contributed by atoms with Crippen LogP contribution in [0.3, 0.4) is 0 Å². The molecule has 2 atom stereocenters. The van der Waals surface area contributed by atoms with Crippen molar-refractivity contribution in [1.82, 2.24) is 10.1 Å². The Bertz CT molecular complexity index is 582. The topological polar surface area (TPSA) is 59.2 Å². The van der Waals surface area contributed by atoms with E-state index in [2.05, 4.69) is 10.1 Å². The van der Waals surface area contributed by atoms with Crippen molar-refractivity contribution in [2.45, 2.75) is 50.5 Å². The summed E-state index contributed by atoms with van der Waals surface area (Å²) in [7, 11) is 0. The first-order valence-corrected chi connectivity index (χ1v) is 7.47. The lowest BCUT2D eigenvalue weighted by Gasteiger charge is -2.15. The summed E-state index contributed by atoms with van der Waals surface area (Å²) in [5.74, 6) is 0.797. The standard InChI is InChI=1S/C16H19FN2O2/c17-12-8-6-11(7-9-12)10-15-18-16(21-19-15)13-4-2-1-3-5-14(13)20/h6-9,13-14,20H,1-5,10H2. The third-order valence-corrected chi connectivity index (χ3v) is 4.06. The van der Waals surface area contributed by atoms with Gasteiger partial charge in [-0.2, -0.15) is 4.98 Å². The maximum absolute atomic E-state index is 12.9. The van der Waals surface area contributed by atoms with E-state index in [1.165, 1.54) is 12.1 Å². The second-order valence-electron chi connectivity index (χ2n) is 5.66. The second kappa shape index (κ2) is 6.35. The Hall–Kier alpha value is -1.75. The normalized spacial score (nSPS) is 23.0. The Kier molecular flexibility index (Phi) is 4.29. The molecule has 0 spiro atoms. The number of benzene rings is 1. The molecule has 112 valence electrons. The quantitative estimate of drug-likeness (QED) is 0.882. The molecule has 1 N–H and O–H groups in total. The highest BCUT2D eigenvalue weighted by atomic mass is 19.1. The van der Waals surface area contributed by atoms with Gasteiger partial charge in [0.15, 0.2) is 5.82 Å². The largest absolute Gasteiger partial charge is 0.392 e. The van der Waals surface area contributed by atoms with Crippen LogP contribution in [-0.2, 0) is 6.42 Å². The fraction of sp³-hybridized carbons (Fsp3) is 0.500. The van der Waals surface area contributed by atoms with Crippen LogP contribution in [0.2, 0.25) is 0 Å². The van der Waals surface area contributed by atoms with E-state index >= 15 is 0 Å². The van der Waals surface area contributed by atoms with Crippen molar-refractivity contribution in [3.05, 3.63) is 47.4 Å². The molecule has 0 aliphatic heterocycles. The number of rotatable bonds is 3. The number of hydrogen-bond acceptors (Lipinski definition) is 4. The van der Waals surface area contributed by atoms with Crippen molar-refractivity contribution in [2.75, 3.05) is 0 Å². The van der Waals surface area contributed by atoms with Gasteiger partial charge in [-0.25, -0.2) is 4.39 Å². The molecular weight excluding hydrogens is 271 g/mol. The molecule has 21 heavy (non-hydrogen) atoms. The van der Waals surface area contributed by atoms with Crippen LogP contribution in [-0.4, -0.2) is 21.4 Å². The van der Waals surface area contributed by atoms with Gasteiger partial charge in [-0.1, -0.05) is 36.6 Å². The highest BCUT2D eigenvalue weighted by Crippen LogP contribution is 2.31. The Balaban J connectivity index is 1.71. The number of nitrogens with zero attached hydrogens (tertiary/aromatic N) is 2. The highest BCUT2D eigenvalue weighted by Gasteiger charge is 2.28. The summed E-state index contributed by atoms with van der Waals surface area (Å²) in [5, 5.41) is 14.1. The molecule has 0 amide bonds. The molecule has 2 aromatic rings. The molecule has 1 heterocycles. The lowest BCUT2D eigenvalue weighted by molar-refractivity contribution is 0.119. The third kappa shape index (κ3) is 3.47. The minimum atomic E-state index is -0.397. The van der Waals surface area contributed by atoms with Crippen LogP contribution in [0.4, 0.5) is 4.39 Å². The van der Waals surface area contributed by atoms with E-state index in [0.29, 0.717) is 18.1 Å². The van der Waals surface area contributed by atoms with E-state index in [-0.39, 0.29) is 11.7 Å². The van der Waals surface area contributed by atoms with Crippen molar-refractivity contribution in [1.29, 1.82) is 0 Å². The lowest BCUT2D eigenvalue weighted by Crippen LogP contribution is -2.17. The molecule has 4 nitrogen and oxygen atoms in total. The van der Waals surface area contributed by atoms with Crippen LogP contribution in [0.25, 0.3) is 0 Å². The summed E-state index contributed by atoms with van der Waals surface area (Å²) in [6.45, 7) is 0. The molecular formula is C16H19FN2O2. The average Bonchev–Trinajstić information content (AvgIpc) is 2.82. The molecule has 1 aromatic carbocycles. The highest BCUT2D eigenvalue weighted by molar-refractivity contribution is 5.19. The summed E-state index contributed by atoms with van der Waals surface area (Å²) in [6, 6.07) is 6.27. The van der Waals surface area contributed by atoms with E-state index < -0.39 is 6.10 Å². The zero-order valence-electron chi connectivity index (χ0n) is 11.8. The van der Waals surface area contributed by atoms with Gasteiger partial charge >= 0.3 is 0 Å². The van der Waals surface area contributed by atoms with Gasteiger partial charge in [-0.05, 0) is 30.5 Å². The van der Waals surface area contributed by atoms with Gasteiger partial charge in [0.1, 0.15) is 5.82 Å². The van der Waals surface area contributed by atoms with Crippen molar-refractivity contribution in [2.24, 2.45) is 0 Å². The van der Waals surface area contributed by atoms with Gasteiger partial charge in [-0.3, -0.25) is 0 Å². The minimum absolute atomic E-state index is 0.0537. The van der Waals surface area contributed by atoms with E-state index in [9.17, 15) is 9.50 Å². The van der Waals surface area contributed by atoms with Crippen LogP contribution < -0.4 is 0 Å². The summed E-state index contributed by atoms with van der Waals surface area (Å²) in [5.41, 5.74) is 0.935. The Morgan fingerprint density at radius 2 is 1.90 bits per heavy atom. The molecule has 0 bridgehead atoms. The van der Waals surface area contributed by atoms with Gasteiger partial charge in [0, 0.05) is 6.42 Å². The summed E-state index contributed by atoms with van der Waals surface area (Å²) in [6.07, 6.45) is 5.06. The maximum Gasteiger partial charge on any atom is 0.232 e.